The Morgan fingerprint density at radius 2 is 1.72 bits per heavy atom. The van der Waals surface area contributed by atoms with Crippen molar-refractivity contribution in [3.05, 3.63) is 52.1 Å². The van der Waals surface area contributed by atoms with Gasteiger partial charge in [-0.05, 0) is 37.6 Å². The van der Waals surface area contributed by atoms with Gasteiger partial charge in [-0.2, -0.15) is 4.98 Å². The molecule has 3 rings (SSSR count). The number of fused-ring (bicyclic) bond motifs is 1. The summed E-state index contributed by atoms with van der Waals surface area (Å²) in [6.07, 6.45) is 1.55. The van der Waals surface area contributed by atoms with Gasteiger partial charge in [0.2, 0.25) is 5.95 Å². The number of nitrogens with two attached hydrogens (primary N) is 1. The monoisotopic (exact) mass is 499 g/mol. The smallest absolute Gasteiger partial charge is 0.326 e. The first kappa shape index (κ1) is 29.7. The van der Waals surface area contributed by atoms with Crippen molar-refractivity contribution in [1.29, 1.82) is 0 Å². The zero-order valence-corrected chi connectivity index (χ0v) is 21.1. The van der Waals surface area contributed by atoms with E-state index in [-0.39, 0.29) is 47.8 Å². The molecule has 0 saturated heterocycles. The third-order valence-corrected chi connectivity index (χ3v) is 4.50. The lowest BCUT2D eigenvalue weighted by Crippen LogP contribution is -2.41. The van der Waals surface area contributed by atoms with E-state index in [0.29, 0.717) is 11.4 Å². The van der Waals surface area contributed by atoms with Crippen molar-refractivity contribution in [3.8, 4) is 0 Å². The number of aromatic amines is 1. The molecule has 0 radical (unpaired) electrons. The number of Topliss-reactive ketones (excluding diaryl/α,β-unsaturated/α-hetero) is 1. The highest BCUT2D eigenvalue weighted by Gasteiger charge is 2.21. The molecule has 0 fully saturated rings. The topological polar surface area (TPSA) is 193 Å². The van der Waals surface area contributed by atoms with Gasteiger partial charge in [-0.1, -0.05) is 27.7 Å². The minimum Gasteiger partial charge on any atom is -0.480 e. The SMILES string of the molecule is CC.CC.CC(=O)CCC(NC(=O)c1ccc(NCc2cnc3nc(N)[nH]c(=O)c3n2)cc1)C(=O)O. The summed E-state index contributed by atoms with van der Waals surface area (Å²) in [5, 5.41) is 14.7. The first-order valence-corrected chi connectivity index (χ1v) is 11.6. The van der Waals surface area contributed by atoms with Gasteiger partial charge in [0.1, 0.15) is 11.8 Å². The Morgan fingerprint density at radius 3 is 2.31 bits per heavy atom. The van der Waals surface area contributed by atoms with Crippen molar-refractivity contribution in [1.82, 2.24) is 25.3 Å². The van der Waals surface area contributed by atoms with Crippen LogP contribution in [0, 0.1) is 0 Å². The molecule has 36 heavy (non-hydrogen) atoms. The fraction of sp³-hybridized carbons (Fsp3) is 0.375. The molecular formula is C24H33N7O5. The van der Waals surface area contributed by atoms with Crippen molar-refractivity contribution >= 4 is 40.5 Å². The van der Waals surface area contributed by atoms with Gasteiger partial charge in [-0.25, -0.2) is 14.8 Å². The molecule has 0 bridgehead atoms. The van der Waals surface area contributed by atoms with Gasteiger partial charge in [-0.15, -0.1) is 0 Å². The van der Waals surface area contributed by atoms with Crippen LogP contribution < -0.4 is 21.9 Å². The average Bonchev–Trinajstić information content (AvgIpc) is 2.87. The number of aromatic nitrogens is 4. The van der Waals surface area contributed by atoms with Crippen LogP contribution >= 0.6 is 0 Å². The predicted molar refractivity (Wildman–Crippen MR) is 138 cm³/mol. The van der Waals surface area contributed by atoms with Crippen LogP contribution in [0.2, 0.25) is 0 Å². The molecule has 12 nitrogen and oxygen atoms in total. The molecule has 6 N–H and O–H groups in total. The highest BCUT2D eigenvalue weighted by atomic mass is 16.4. The maximum absolute atomic E-state index is 12.3. The molecule has 194 valence electrons. The number of carboxylic acid groups (broad SMARTS) is 1. The number of carbonyl (C=O) groups is 3. The molecule has 1 atom stereocenters. The quantitative estimate of drug-likeness (QED) is 0.292. The molecule has 1 amide bonds. The van der Waals surface area contributed by atoms with Crippen LogP contribution in [-0.4, -0.2) is 48.7 Å². The van der Waals surface area contributed by atoms with Crippen molar-refractivity contribution in [2.24, 2.45) is 0 Å². The fourth-order valence-corrected chi connectivity index (χ4v) is 2.83. The van der Waals surface area contributed by atoms with Gasteiger partial charge in [-0.3, -0.25) is 14.6 Å². The number of anilines is 2. The first-order chi connectivity index (χ1) is 17.2. The number of nitrogens with zero attached hydrogens (tertiary/aromatic N) is 3. The standard InChI is InChI=1S/C20H21N7O5.2C2H6/c1-10(28)2-7-14(19(31)32)25-17(29)11-3-5-12(6-4-11)22-8-13-9-23-16-15(24-13)18(30)27-20(21)26-16;2*1-2/h3-6,9,14,22H,2,7-8H2,1H3,(H,25,29)(H,31,32)(H3,21,23,26,27,30);2*1-2H3. The normalized spacial score (nSPS) is 10.7. The van der Waals surface area contributed by atoms with Crippen LogP contribution in [0.5, 0.6) is 0 Å². The number of hydrogen-bond donors (Lipinski definition) is 5. The van der Waals surface area contributed by atoms with Gasteiger partial charge in [0.25, 0.3) is 11.5 Å². The van der Waals surface area contributed by atoms with E-state index in [4.69, 9.17) is 5.73 Å². The maximum Gasteiger partial charge on any atom is 0.326 e. The number of rotatable bonds is 9. The number of carboxylic acids is 1. The van der Waals surface area contributed by atoms with Crippen LogP contribution in [0.25, 0.3) is 11.2 Å². The van der Waals surface area contributed by atoms with Crippen LogP contribution in [0.1, 0.15) is 63.5 Å². The molecule has 2 aromatic heterocycles. The predicted octanol–water partition coefficient (Wildman–Crippen LogP) is 2.51. The summed E-state index contributed by atoms with van der Waals surface area (Å²) in [5.74, 6) is -1.95. The molecule has 1 unspecified atom stereocenters. The van der Waals surface area contributed by atoms with Crippen LogP contribution in [-0.2, 0) is 16.1 Å². The lowest BCUT2D eigenvalue weighted by Gasteiger charge is -2.14. The number of nitrogens with one attached hydrogen (secondary N) is 3. The van der Waals surface area contributed by atoms with Crippen molar-refractivity contribution in [3.63, 3.8) is 0 Å². The van der Waals surface area contributed by atoms with Crippen LogP contribution in [0.4, 0.5) is 11.6 Å². The summed E-state index contributed by atoms with van der Waals surface area (Å²) >= 11 is 0. The third-order valence-electron chi connectivity index (χ3n) is 4.50. The van der Waals surface area contributed by atoms with E-state index in [1.54, 1.807) is 12.1 Å². The van der Waals surface area contributed by atoms with E-state index >= 15 is 0 Å². The van der Waals surface area contributed by atoms with Gasteiger partial charge in [0.05, 0.1) is 18.4 Å². The molecule has 1 aromatic carbocycles. The van der Waals surface area contributed by atoms with Gasteiger partial charge in [0.15, 0.2) is 11.2 Å². The third kappa shape index (κ3) is 8.78. The summed E-state index contributed by atoms with van der Waals surface area (Å²) in [4.78, 5) is 61.2. The number of aliphatic carboxylic acids is 1. The largest absolute Gasteiger partial charge is 0.480 e. The number of nitrogen functional groups attached to an aromatic ring is 1. The summed E-state index contributed by atoms with van der Waals surface area (Å²) in [5.41, 5.74) is 6.64. The molecule has 0 aliphatic rings. The van der Waals surface area contributed by atoms with Gasteiger partial charge in [0, 0.05) is 17.7 Å². The average molecular weight is 500 g/mol. The molecule has 0 aliphatic heterocycles. The van der Waals surface area contributed by atoms with Gasteiger partial charge < -0.3 is 26.3 Å². The molecular weight excluding hydrogens is 466 g/mol. The minimum atomic E-state index is -1.20. The van der Waals surface area contributed by atoms with E-state index in [0.717, 1.165) is 0 Å². The molecule has 0 spiro atoms. The second-order valence-corrected chi connectivity index (χ2v) is 7.02. The van der Waals surface area contributed by atoms with Crippen LogP contribution in [0.3, 0.4) is 0 Å². The second kappa shape index (κ2) is 14.8. The van der Waals surface area contributed by atoms with Crippen molar-refractivity contribution in [2.75, 3.05) is 11.1 Å². The number of amides is 1. The van der Waals surface area contributed by atoms with E-state index in [2.05, 4.69) is 30.6 Å². The summed E-state index contributed by atoms with van der Waals surface area (Å²) in [6, 6.07) is 5.20. The molecule has 2 heterocycles. The Kier molecular flexibility index (Phi) is 12.2. The number of hydrogen-bond acceptors (Lipinski definition) is 9. The number of carbonyl (C=O) groups excluding carboxylic acids is 2. The minimum absolute atomic E-state index is 0.0216. The van der Waals surface area contributed by atoms with E-state index < -0.39 is 23.5 Å². The zero-order chi connectivity index (χ0) is 27.3. The van der Waals surface area contributed by atoms with Crippen LogP contribution in [0.15, 0.2) is 35.3 Å². The summed E-state index contributed by atoms with van der Waals surface area (Å²) < 4.78 is 0. The first-order valence-electron chi connectivity index (χ1n) is 11.6. The maximum atomic E-state index is 12.3. The zero-order valence-electron chi connectivity index (χ0n) is 21.1. The number of H-pyrrole nitrogens is 1. The Hall–Kier alpha value is -4.35. The van der Waals surface area contributed by atoms with E-state index in [9.17, 15) is 24.3 Å². The van der Waals surface area contributed by atoms with Gasteiger partial charge >= 0.3 is 5.97 Å². The summed E-state index contributed by atoms with van der Waals surface area (Å²) in [7, 11) is 0. The Balaban J connectivity index is 0.00000154. The fourth-order valence-electron chi connectivity index (χ4n) is 2.83. The van der Waals surface area contributed by atoms with E-state index in [1.807, 2.05) is 27.7 Å². The van der Waals surface area contributed by atoms with Crippen molar-refractivity contribution in [2.45, 2.75) is 60.0 Å². The highest BCUT2D eigenvalue weighted by molar-refractivity contribution is 5.97. The molecule has 3 aromatic rings. The number of ketones is 1. The lowest BCUT2D eigenvalue weighted by molar-refractivity contribution is -0.139. The highest BCUT2D eigenvalue weighted by Crippen LogP contribution is 2.12. The number of benzene rings is 1. The molecule has 0 saturated carbocycles. The Labute approximate surface area is 208 Å². The summed E-state index contributed by atoms with van der Waals surface area (Å²) in [6.45, 7) is 9.62. The molecule has 0 aliphatic carbocycles. The molecule has 12 heteroatoms. The Bertz CT molecular complexity index is 1230. The Morgan fingerprint density at radius 1 is 1.08 bits per heavy atom. The van der Waals surface area contributed by atoms with Crippen molar-refractivity contribution < 1.29 is 19.5 Å². The lowest BCUT2D eigenvalue weighted by atomic mass is 10.1. The second-order valence-electron chi connectivity index (χ2n) is 7.02. The van der Waals surface area contributed by atoms with E-state index in [1.165, 1.54) is 25.3 Å².